The maximum absolute atomic E-state index is 11.4. The third-order valence-corrected chi connectivity index (χ3v) is 2.76. The number of hydrogen-bond donors (Lipinski definition) is 1. The molecule has 0 saturated carbocycles. The topological polar surface area (TPSA) is 47.6 Å². The molecule has 5 heteroatoms. The van der Waals surface area contributed by atoms with Gasteiger partial charge in [-0.1, -0.05) is 13.8 Å². The van der Waals surface area contributed by atoms with Gasteiger partial charge in [-0.2, -0.15) is 11.8 Å². The van der Waals surface area contributed by atoms with Crippen molar-refractivity contribution >= 4 is 17.7 Å². The number of thioether (sulfide) groups is 1. The van der Waals surface area contributed by atoms with E-state index in [0.29, 0.717) is 12.4 Å². The van der Waals surface area contributed by atoms with E-state index in [-0.39, 0.29) is 18.1 Å². The minimum atomic E-state index is -0.225. The number of esters is 1. The first-order valence-electron chi connectivity index (χ1n) is 5.02. The summed E-state index contributed by atoms with van der Waals surface area (Å²) in [6, 6.07) is 0.0500. The summed E-state index contributed by atoms with van der Waals surface area (Å²) in [5, 5.41) is 3.17. The van der Waals surface area contributed by atoms with Crippen LogP contribution in [0.5, 0.6) is 0 Å². The van der Waals surface area contributed by atoms with Crippen molar-refractivity contribution in [3.05, 3.63) is 0 Å². The molecule has 0 aromatic heterocycles. The van der Waals surface area contributed by atoms with Crippen molar-refractivity contribution in [1.29, 1.82) is 0 Å². The lowest BCUT2D eigenvalue weighted by atomic mass is 10.3. The molecule has 0 aromatic carbocycles. The van der Waals surface area contributed by atoms with Crippen molar-refractivity contribution < 1.29 is 14.3 Å². The first kappa shape index (κ1) is 14.7. The van der Waals surface area contributed by atoms with E-state index in [0.717, 1.165) is 5.75 Å². The summed E-state index contributed by atoms with van der Waals surface area (Å²) in [7, 11) is 3.09. The van der Waals surface area contributed by atoms with Gasteiger partial charge in [-0.3, -0.25) is 4.79 Å². The van der Waals surface area contributed by atoms with Crippen molar-refractivity contribution in [3.63, 3.8) is 0 Å². The zero-order valence-corrected chi connectivity index (χ0v) is 10.7. The molecule has 0 aliphatic heterocycles. The van der Waals surface area contributed by atoms with Gasteiger partial charge in [-0.15, -0.1) is 0 Å². The van der Waals surface area contributed by atoms with Crippen LogP contribution in [0.2, 0.25) is 0 Å². The molecule has 15 heavy (non-hydrogen) atoms. The lowest BCUT2D eigenvalue weighted by Crippen LogP contribution is -2.43. The van der Waals surface area contributed by atoms with E-state index in [1.54, 1.807) is 18.9 Å². The molecular formula is C10H21NO3S. The fraction of sp³-hybridized carbons (Fsp3) is 0.900. The molecule has 0 spiro atoms. The van der Waals surface area contributed by atoms with Crippen LogP contribution < -0.4 is 5.32 Å². The van der Waals surface area contributed by atoms with E-state index in [1.807, 2.05) is 13.8 Å². The Labute approximate surface area is 96.1 Å². The summed E-state index contributed by atoms with van der Waals surface area (Å²) >= 11 is 1.68. The molecule has 0 heterocycles. The number of carbonyl (C=O) groups is 1. The predicted molar refractivity (Wildman–Crippen MR) is 63.3 cm³/mol. The maximum atomic E-state index is 11.4. The quantitative estimate of drug-likeness (QED) is 0.500. The highest BCUT2D eigenvalue weighted by atomic mass is 32.2. The fourth-order valence-corrected chi connectivity index (χ4v) is 1.99. The normalized spacial score (nSPS) is 12.9. The van der Waals surface area contributed by atoms with Gasteiger partial charge in [0.2, 0.25) is 0 Å². The molecule has 0 bridgehead atoms. The average Bonchev–Trinajstić information content (AvgIpc) is 2.21. The molecule has 4 nitrogen and oxygen atoms in total. The highest BCUT2D eigenvalue weighted by molar-refractivity contribution is 7.99. The number of ether oxygens (including phenoxy) is 2. The molecule has 0 rings (SSSR count). The molecule has 1 atom stereocenters. The standard InChI is InChI=1S/C10H21NO3S/c1-8(2)11-9(10(12)14-4)7-15-6-5-13-3/h8-9,11H,5-7H2,1-4H3. The molecule has 0 fully saturated rings. The van der Waals surface area contributed by atoms with Crippen LogP contribution in [-0.2, 0) is 14.3 Å². The van der Waals surface area contributed by atoms with Crippen LogP contribution >= 0.6 is 11.8 Å². The van der Waals surface area contributed by atoms with Gasteiger partial charge < -0.3 is 14.8 Å². The van der Waals surface area contributed by atoms with Crippen molar-refractivity contribution in [2.24, 2.45) is 0 Å². The summed E-state index contributed by atoms with van der Waals surface area (Å²) in [5.74, 6) is 1.41. The van der Waals surface area contributed by atoms with E-state index >= 15 is 0 Å². The Morgan fingerprint density at radius 1 is 1.40 bits per heavy atom. The van der Waals surface area contributed by atoms with E-state index in [1.165, 1.54) is 7.11 Å². The molecule has 0 saturated heterocycles. The van der Waals surface area contributed by atoms with E-state index < -0.39 is 0 Å². The highest BCUT2D eigenvalue weighted by Crippen LogP contribution is 2.05. The van der Waals surface area contributed by atoms with Crippen molar-refractivity contribution in [1.82, 2.24) is 5.32 Å². The number of carbonyl (C=O) groups excluding carboxylic acids is 1. The van der Waals surface area contributed by atoms with Crippen molar-refractivity contribution in [3.8, 4) is 0 Å². The maximum Gasteiger partial charge on any atom is 0.323 e. The van der Waals surface area contributed by atoms with Gasteiger partial charge in [0.15, 0.2) is 0 Å². The summed E-state index contributed by atoms with van der Waals surface area (Å²) in [5.41, 5.74) is 0. The zero-order chi connectivity index (χ0) is 11.7. The molecular weight excluding hydrogens is 214 g/mol. The lowest BCUT2D eigenvalue weighted by Gasteiger charge is -2.18. The number of hydrogen-bond acceptors (Lipinski definition) is 5. The number of rotatable bonds is 8. The van der Waals surface area contributed by atoms with Gasteiger partial charge in [0.25, 0.3) is 0 Å². The number of methoxy groups -OCH3 is 2. The molecule has 0 aliphatic carbocycles. The Kier molecular flexibility index (Phi) is 8.85. The minimum absolute atomic E-state index is 0.200. The molecule has 1 unspecified atom stereocenters. The SMILES string of the molecule is COCCSCC(NC(C)C)C(=O)OC. The monoisotopic (exact) mass is 235 g/mol. The first-order chi connectivity index (χ1) is 7.11. The van der Waals surface area contributed by atoms with E-state index in [9.17, 15) is 4.79 Å². The Hall–Kier alpha value is -0.260. The molecule has 0 aromatic rings. The summed E-state index contributed by atoms with van der Waals surface area (Å²) in [6.45, 7) is 4.73. The minimum Gasteiger partial charge on any atom is -0.468 e. The van der Waals surface area contributed by atoms with Gasteiger partial charge in [0, 0.05) is 24.7 Å². The Bertz CT molecular complexity index is 176. The Balaban J connectivity index is 3.85. The van der Waals surface area contributed by atoms with Gasteiger partial charge in [-0.25, -0.2) is 0 Å². The van der Waals surface area contributed by atoms with Crippen LogP contribution in [0.1, 0.15) is 13.8 Å². The number of nitrogens with one attached hydrogen (secondary N) is 1. The Morgan fingerprint density at radius 3 is 2.53 bits per heavy atom. The van der Waals surface area contributed by atoms with Crippen molar-refractivity contribution in [2.45, 2.75) is 25.9 Å². The van der Waals surface area contributed by atoms with Crippen molar-refractivity contribution in [2.75, 3.05) is 32.3 Å². The molecule has 0 radical (unpaired) electrons. The molecule has 0 aliphatic rings. The second-order valence-corrected chi connectivity index (χ2v) is 4.61. The zero-order valence-electron chi connectivity index (χ0n) is 9.91. The average molecular weight is 235 g/mol. The van der Waals surface area contributed by atoms with Crippen LogP contribution in [-0.4, -0.2) is 50.4 Å². The smallest absolute Gasteiger partial charge is 0.323 e. The van der Waals surface area contributed by atoms with Gasteiger partial charge in [0.1, 0.15) is 6.04 Å². The van der Waals surface area contributed by atoms with Crippen LogP contribution in [0.3, 0.4) is 0 Å². The highest BCUT2D eigenvalue weighted by Gasteiger charge is 2.19. The second-order valence-electron chi connectivity index (χ2n) is 3.46. The predicted octanol–water partition coefficient (Wildman–Crippen LogP) is 0.906. The fourth-order valence-electron chi connectivity index (χ4n) is 1.07. The molecule has 90 valence electrons. The van der Waals surface area contributed by atoms with Crippen LogP contribution in [0.15, 0.2) is 0 Å². The summed E-state index contributed by atoms with van der Waals surface area (Å²) < 4.78 is 9.66. The molecule has 0 amide bonds. The van der Waals surface area contributed by atoms with Gasteiger partial charge in [-0.05, 0) is 0 Å². The van der Waals surface area contributed by atoms with Crippen LogP contribution in [0.4, 0.5) is 0 Å². The van der Waals surface area contributed by atoms with Crippen LogP contribution in [0, 0.1) is 0 Å². The van der Waals surface area contributed by atoms with E-state index in [2.05, 4.69) is 5.32 Å². The van der Waals surface area contributed by atoms with Gasteiger partial charge >= 0.3 is 5.97 Å². The first-order valence-corrected chi connectivity index (χ1v) is 6.17. The summed E-state index contributed by atoms with van der Waals surface area (Å²) in [4.78, 5) is 11.4. The largest absolute Gasteiger partial charge is 0.468 e. The summed E-state index contributed by atoms with van der Waals surface area (Å²) in [6.07, 6.45) is 0. The lowest BCUT2D eigenvalue weighted by molar-refractivity contribution is -0.142. The third-order valence-electron chi connectivity index (χ3n) is 1.74. The van der Waals surface area contributed by atoms with E-state index in [4.69, 9.17) is 9.47 Å². The molecule has 1 N–H and O–H groups in total. The second kappa shape index (κ2) is 9.00. The van der Waals surface area contributed by atoms with Gasteiger partial charge in [0.05, 0.1) is 13.7 Å². The Morgan fingerprint density at radius 2 is 2.07 bits per heavy atom. The third kappa shape index (κ3) is 7.64. The van der Waals surface area contributed by atoms with Crippen LogP contribution in [0.25, 0.3) is 0 Å².